The summed E-state index contributed by atoms with van der Waals surface area (Å²) in [5.74, 6) is 0. The van der Waals surface area contributed by atoms with Crippen LogP contribution in [0.15, 0.2) is 58.9 Å². The van der Waals surface area contributed by atoms with Crippen molar-refractivity contribution in [1.29, 1.82) is 0 Å². The van der Waals surface area contributed by atoms with Gasteiger partial charge < -0.3 is 0 Å². The predicted octanol–water partition coefficient (Wildman–Crippen LogP) is 4.75. The molecule has 0 aliphatic rings. The predicted molar refractivity (Wildman–Crippen MR) is 76.5 cm³/mol. The Morgan fingerprint density at radius 3 is 2.53 bits per heavy atom. The van der Waals surface area contributed by atoms with Crippen LogP contribution in [-0.2, 0) is 0 Å². The van der Waals surface area contributed by atoms with Gasteiger partial charge >= 0.3 is 0 Å². The summed E-state index contributed by atoms with van der Waals surface area (Å²) in [5, 5.41) is 2.06. The topological polar surface area (TPSA) is 12.4 Å². The molecular formula is C15H15NS. The highest BCUT2D eigenvalue weighted by molar-refractivity contribution is 7.12. The average Bonchev–Trinajstić information content (AvgIpc) is 2.81. The first-order valence-corrected chi connectivity index (χ1v) is 6.40. The lowest BCUT2D eigenvalue weighted by Crippen LogP contribution is -1.98. The summed E-state index contributed by atoms with van der Waals surface area (Å²) in [4.78, 5) is 5.90. The van der Waals surface area contributed by atoms with Gasteiger partial charge in [0.1, 0.15) is 0 Å². The van der Waals surface area contributed by atoms with Gasteiger partial charge in [0, 0.05) is 0 Å². The number of aliphatic imine (C=N–C) groups is 1. The van der Waals surface area contributed by atoms with Crippen molar-refractivity contribution in [3.05, 3.63) is 64.4 Å². The Labute approximate surface area is 106 Å². The van der Waals surface area contributed by atoms with Crippen LogP contribution in [-0.4, -0.2) is 5.71 Å². The quantitative estimate of drug-likeness (QED) is 0.687. The smallest absolute Gasteiger partial charge is 0.0832 e. The molecule has 2 aromatic rings. The van der Waals surface area contributed by atoms with Crippen molar-refractivity contribution in [3.8, 4) is 0 Å². The van der Waals surface area contributed by atoms with Crippen molar-refractivity contribution in [3.63, 3.8) is 0 Å². The van der Waals surface area contributed by atoms with Crippen molar-refractivity contribution in [2.75, 3.05) is 0 Å². The number of benzene rings is 1. The fourth-order valence-electron chi connectivity index (χ4n) is 1.58. The summed E-state index contributed by atoms with van der Waals surface area (Å²) < 4.78 is 0. The van der Waals surface area contributed by atoms with Crippen LogP contribution in [0.5, 0.6) is 0 Å². The highest BCUT2D eigenvalue weighted by atomic mass is 32.1. The van der Waals surface area contributed by atoms with E-state index in [9.17, 15) is 0 Å². The molecule has 1 aromatic heterocycles. The van der Waals surface area contributed by atoms with Gasteiger partial charge in [0.15, 0.2) is 0 Å². The van der Waals surface area contributed by atoms with E-state index in [4.69, 9.17) is 4.99 Å². The molecule has 0 N–H and O–H groups in total. The molecule has 0 spiro atoms. The molecule has 1 heterocycles. The highest BCUT2D eigenvalue weighted by Gasteiger charge is 2.06. The van der Waals surface area contributed by atoms with Crippen molar-refractivity contribution < 1.29 is 0 Å². The highest BCUT2D eigenvalue weighted by Crippen LogP contribution is 2.22. The molecule has 0 saturated carbocycles. The first-order valence-electron chi connectivity index (χ1n) is 5.52. The third kappa shape index (κ3) is 2.71. The summed E-state index contributed by atoms with van der Waals surface area (Å²) in [5.41, 5.74) is 4.17. The lowest BCUT2D eigenvalue weighted by atomic mass is 10.1. The van der Waals surface area contributed by atoms with E-state index in [2.05, 4.69) is 31.0 Å². The number of thiophene rings is 1. The first-order chi connectivity index (χ1) is 8.18. The molecule has 2 heteroatoms. The molecule has 1 aromatic carbocycles. The standard InChI is InChI=1S/C15H15NS/c1-11(2)15(14-9-6-10-17-14)16-13-8-5-4-7-12(13)3/h4-10H,1H2,2-3H3. The molecule has 0 fully saturated rings. The molecule has 0 atom stereocenters. The molecule has 0 unspecified atom stereocenters. The number of allylic oxidation sites excluding steroid dienone is 1. The molecular weight excluding hydrogens is 226 g/mol. The monoisotopic (exact) mass is 241 g/mol. The molecule has 0 aliphatic carbocycles. The largest absolute Gasteiger partial charge is 0.247 e. The maximum absolute atomic E-state index is 4.73. The fraction of sp³-hybridized carbons (Fsp3) is 0.133. The summed E-state index contributed by atoms with van der Waals surface area (Å²) in [6, 6.07) is 12.3. The van der Waals surface area contributed by atoms with Gasteiger partial charge in [-0.25, -0.2) is 4.99 Å². The Morgan fingerprint density at radius 2 is 1.94 bits per heavy atom. The zero-order valence-electron chi connectivity index (χ0n) is 10.1. The lowest BCUT2D eigenvalue weighted by Gasteiger charge is -2.05. The van der Waals surface area contributed by atoms with Gasteiger partial charge in [0.2, 0.25) is 0 Å². The van der Waals surface area contributed by atoms with E-state index in [0.717, 1.165) is 17.0 Å². The SMILES string of the molecule is C=C(C)C(=Nc1ccccc1C)c1cccs1. The second-order valence-corrected chi connectivity index (χ2v) is 4.95. The van der Waals surface area contributed by atoms with Crippen molar-refractivity contribution in [2.45, 2.75) is 13.8 Å². The van der Waals surface area contributed by atoms with Crippen LogP contribution in [0.4, 0.5) is 5.69 Å². The van der Waals surface area contributed by atoms with Crippen molar-refractivity contribution in [2.24, 2.45) is 4.99 Å². The van der Waals surface area contributed by atoms with Crippen LogP contribution in [0.1, 0.15) is 17.4 Å². The van der Waals surface area contributed by atoms with E-state index in [0.29, 0.717) is 0 Å². The molecule has 2 rings (SSSR count). The number of nitrogens with zero attached hydrogens (tertiary/aromatic N) is 1. The van der Waals surface area contributed by atoms with E-state index >= 15 is 0 Å². The summed E-state index contributed by atoms with van der Waals surface area (Å²) >= 11 is 1.69. The maximum atomic E-state index is 4.73. The van der Waals surface area contributed by atoms with Gasteiger partial charge in [-0.1, -0.05) is 30.8 Å². The van der Waals surface area contributed by atoms with Gasteiger partial charge in [-0.3, -0.25) is 0 Å². The molecule has 1 nitrogen and oxygen atoms in total. The molecule has 0 amide bonds. The summed E-state index contributed by atoms with van der Waals surface area (Å²) in [7, 11) is 0. The van der Waals surface area contributed by atoms with E-state index in [1.165, 1.54) is 10.4 Å². The number of hydrogen-bond acceptors (Lipinski definition) is 2. The van der Waals surface area contributed by atoms with Gasteiger partial charge in [0.05, 0.1) is 16.3 Å². The molecule has 0 saturated heterocycles. The van der Waals surface area contributed by atoms with E-state index in [1.54, 1.807) is 11.3 Å². The zero-order valence-corrected chi connectivity index (χ0v) is 10.9. The molecule has 17 heavy (non-hydrogen) atoms. The van der Waals surface area contributed by atoms with E-state index in [1.807, 2.05) is 31.2 Å². The van der Waals surface area contributed by atoms with Crippen LogP contribution < -0.4 is 0 Å². The summed E-state index contributed by atoms with van der Waals surface area (Å²) in [6.07, 6.45) is 0. The van der Waals surface area contributed by atoms with Crippen LogP contribution in [0, 0.1) is 6.92 Å². The van der Waals surface area contributed by atoms with Gasteiger partial charge in [0.25, 0.3) is 0 Å². The Balaban J connectivity index is 2.48. The van der Waals surface area contributed by atoms with Crippen LogP contribution in [0.3, 0.4) is 0 Å². The number of rotatable bonds is 3. The number of aryl methyl sites for hydroxylation is 1. The molecule has 0 aliphatic heterocycles. The third-order valence-corrected chi connectivity index (χ3v) is 3.38. The van der Waals surface area contributed by atoms with Gasteiger partial charge in [-0.15, -0.1) is 11.3 Å². The number of hydrogen-bond donors (Lipinski definition) is 0. The van der Waals surface area contributed by atoms with Crippen molar-refractivity contribution >= 4 is 22.7 Å². The fourth-order valence-corrected chi connectivity index (χ4v) is 2.38. The van der Waals surface area contributed by atoms with E-state index in [-0.39, 0.29) is 0 Å². The minimum atomic E-state index is 0.981. The third-order valence-electron chi connectivity index (χ3n) is 2.51. The van der Waals surface area contributed by atoms with Crippen molar-refractivity contribution in [1.82, 2.24) is 0 Å². The van der Waals surface area contributed by atoms with E-state index < -0.39 is 0 Å². The number of para-hydroxylation sites is 1. The van der Waals surface area contributed by atoms with Gasteiger partial charge in [-0.2, -0.15) is 0 Å². The summed E-state index contributed by atoms with van der Waals surface area (Å²) in [6.45, 7) is 8.08. The second-order valence-electron chi connectivity index (χ2n) is 4.00. The van der Waals surface area contributed by atoms with Crippen LogP contribution in [0.25, 0.3) is 0 Å². The zero-order chi connectivity index (χ0) is 12.3. The Hall–Kier alpha value is -1.67. The lowest BCUT2D eigenvalue weighted by molar-refractivity contribution is 1.39. The Bertz CT molecular complexity index is 550. The minimum absolute atomic E-state index is 0.981. The van der Waals surface area contributed by atoms with Gasteiger partial charge in [-0.05, 0) is 42.5 Å². The molecule has 86 valence electrons. The minimum Gasteiger partial charge on any atom is -0.247 e. The van der Waals surface area contributed by atoms with Crippen LogP contribution >= 0.6 is 11.3 Å². The second kappa shape index (κ2) is 5.11. The average molecular weight is 241 g/mol. The molecule has 0 bridgehead atoms. The normalized spacial score (nSPS) is 11.5. The Kier molecular flexibility index (Phi) is 3.55. The van der Waals surface area contributed by atoms with Crippen LogP contribution in [0.2, 0.25) is 0 Å². The molecule has 0 radical (unpaired) electrons. The Morgan fingerprint density at radius 1 is 1.18 bits per heavy atom. The first kappa shape index (κ1) is 11.8. The maximum Gasteiger partial charge on any atom is 0.0832 e.